The number of aryl methyl sites for hydroxylation is 1. The van der Waals surface area contributed by atoms with Gasteiger partial charge in [-0.1, -0.05) is 12.1 Å². The van der Waals surface area contributed by atoms with Crippen LogP contribution < -0.4 is 10.2 Å². The van der Waals surface area contributed by atoms with Gasteiger partial charge >= 0.3 is 5.97 Å². The Labute approximate surface area is 142 Å². The molecule has 0 bridgehead atoms. The minimum Gasteiger partial charge on any atom is -0.452 e. The van der Waals surface area contributed by atoms with Crippen molar-refractivity contribution in [1.82, 2.24) is 5.32 Å². The molecule has 1 heterocycles. The van der Waals surface area contributed by atoms with Crippen LogP contribution in [0.25, 0.3) is 0 Å². The van der Waals surface area contributed by atoms with Gasteiger partial charge in [0, 0.05) is 25.2 Å². The topological polar surface area (TPSA) is 75.7 Å². The molecule has 130 valence electrons. The Hall–Kier alpha value is -2.37. The van der Waals surface area contributed by atoms with Crippen LogP contribution in [0.1, 0.15) is 31.4 Å². The summed E-state index contributed by atoms with van der Waals surface area (Å²) in [6.45, 7) is 8.03. The highest BCUT2D eigenvalue weighted by atomic mass is 16.5. The summed E-state index contributed by atoms with van der Waals surface area (Å²) in [5.41, 5.74) is 2.94. The molecule has 0 aliphatic carbocycles. The second-order valence-corrected chi connectivity index (χ2v) is 6.10. The molecule has 1 saturated heterocycles. The van der Waals surface area contributed by atoms with Crippen molar-refractivity contribution < 1.29 is 19.1 Å². The first-order valence-corrected chi connectivity index (χ1v) is 8.20. The third-order valence-corrected chi connectivity index (χ3v) is 4.34. The molecule has 6 heteroatoms. The maximum Gasteiger partial charge on any atom is 0.312 e. The monoisotopic (exact) mass is 332 g/mol. The molecule has 0 spiro atoms. The Morgan fingerprint density at radius 2 is 2.08 bits per heavy atom. The molecular weight excluding hydrogens is 308 g/mol. The Morgan fingerprint density at radius 1 is 1.38 bits per heavy atom. The van der Waals surface area contributed by atoms with Crippen molar-refractivity contribution >= 4 is 23.5 Å². The number of hydrogen-bond donors (Lipinski definition) is 1. The summed E-state index contributed by atoms with van der Waals surface area (Å²) in [4.78, 5) is 37.9. The zero-order valence-electron chi connectivity index (χ0n) is 14.6. The standard InChI is InChI=1S/C18H24N2O4/c1-5-19-17(22)13(4)24-18(23)14-9-16(21)20(10-14)15-8-6-7-11(2)12(15)3/h6-8,13-14H,5,9-10H2,1-4H3,(H,19,22)/t13-,14-/m0/s1. The second-order valence-electron chi connectivity index (χ2n) is 6.10. The molecule has 1 N–H and O–H groups in total. The summed E-state index contributed by atoms with van der Waals surface area (Å²) in [6.07, 6.45) is -0.753. The van der Waals surface area contributed by atoms with Gasteiger partial charge in [0.2, 0.25) is 5.91 Å². The number of amides is 2. The van der Waals surface area contributed by atoms with Crippen LogP contribution >= 0.6 is 0 Å². The minimum atomic E-state index is -0.859. The lowest BCUT2D eigenvalue weighted by Gasteiger charge is -2.20. The van der Waals surface area contributed by atoms with E-state index in [4.69, 9.17) is 4.74 Å². The van der Waals surface area contributed by atoms with Crippen LogP contribution in [-0.2, 0) is 19.1 Å². The average Bonchev–Trinajstić information content (AvgIpc) is 2.92. The molecule has 2 atom stereocenters. The van der Waals surface area contributed by atoms with E-state index in [1.807, 2.05) is 32.0 Å². The number of benzene rings is 1. The first kappa shape index (κ1) is 18.0. The number of carbonyl (C=O) groups is 3. The van der Waals surface area contributed by atoms with Crippen molar-refractivity contribution in [2.75, 3.05) is 18.0 Å². The highest BCUT2D eigenvalue weighted by molar-refractivity contribution is 6.00. The molecule has 0 saturated carbocycles. The second kappa shape index (κ2) is 7.47. The van der Waals surface area contributed by atoms with E-state index in [1.54, 1.807) is 11.8 Å². The van der Waals surface area contributed by atoms with Crippen molar-refractivity contribution in [3.63, 3.8) is 0 Å². The van der Waals surface area contributed by atoms with Crippen LogP contribution in [0.15, 0.2) is 18.2 Å². The van der Waals surface area contributed by atoms with Crippen molar-refractivity contribution in [1.29, 1.82) is 0 Å². The van der Waals surface area contributed by atoms with Gasteiger partial charge in [-0.15, -0.1) is 0 Å². The van der Waals surface area contributed by atoms with Crippen LogP contribution in [0, 0.1) is 19.8 Å². The van der Waals surface area contributed by atoms with E-state index in [9.17, 15) is 14.4 Å². The van der Waals surface area contributed by atoms with Crippen LogP contribution in [0.5, 0.6) is 0 Å². The maximum atomic E-state index is 12.3. The molecular formula is C18H24N2O4. The molecule has 1 aliphatic rings. The number of nitrogens with one attached hydrogen (secondary N) is 1. The Kier molecular flexibility index (Phi) is 5.59. The highest BCUT2D eigenvalue weighted by Crippen LogP contribution is 2.30. The van der Waals surface area contributed by atoms with Crippen molar-refractivity contribution in [3.8, 4) is 0 Å². The predicted molar refractivity (Wildman–Crippen MR) is 90.6 cm³/mol. The van der Waals surface area contributed by atoms with Crippen LogP contribution in [-0.4, -0.2) is 37.0 Å². The molecule has 1 aromatic rings. The molecule has 24 heavy (non-hydrogen) atoms. The van der Waals surface area contributed by atoms with Crippen molar-refractivity contribution in [3.05, 3.63) is 29.3 Å². The zero-order valence-corrected chi connectivity index (χ0v) is 14.6. The van der Waals surface area contributed by atoms with Gasteiger partial charge in [0.1, 0.15) is 0 Å². The summed E-state index contributed by atoms with van der Waals surface area (Å²) in [5, 5.41) is 2.60. The fraction of sp³-hybridized carbons (Fsp3) is 0.500. The van der Waals surface area contributed by atoms with Crippen LogP contribution in [0.2, 0.25) is 0 Å². The van der Waals surface area contributed by atoms with Gasteiger partial charge < -0.3 is 15.0 Å². The van der Waals surface area contributed by atoms with Gasteiger partial charge in [-0.2, -0.15) is 0 Å². The third kappa shape index (κ3) is 3.75. The van der Waals surface area contributed by atoms with E-state index in [0.29, 0.717) is 6.54 Å². The normalized spacial score (nSPS) is 18.4. The van der Waals surface area contributed by atoms with Gasteiger partial charge in [0.15, 0.2) is 6.10 Å². The molecule has 2 rings (SSSR count). The van der Waals surface area contributed by atoms with E-state index in [0.717, 1.165) is 16.8 Å². The van der Waals surface area contributed by atoms with Gasteiger partial charge in [0.05, 0.1) is 5.92 Å². The fourth-order valence-corrected chi connectivity index (χ4v) is 2.77. The molecule has 1 aromatic carbocycles. The number of anilines is 1. The summed E-state index contributed by atoms with van der Waals surface area (Å²) in [5.74, 6) is -1.48. The number of likely N-dealkylation sites (N-methyl/N-ethyl adjacent to an activating group) is 1. The Bertz CT molecular complexity index is 656. The maximum absolute atomic E-state index is 12.3. The Morgan fingerprint density at radius 3 is 2.75 bits per heavy atom. The van der Waals surface area contributed by atoms with E-state index in [1.165, 1.54) is 6.92 Å². The zero-order chi connectivity index (χ0) is 17.9. The van der Waals surface area contributed by atoms with Crippen molar-refractivity contribution in [2.24, 2.45) is 5.92 Å². The first-order valence-electron chi connectivity index (χ1n) is 8.20. The number of ether oxygens (including phenoxy) is 1. The lowest BCUT2D eigenvalue weighted by Crippen LogP contribution is -2.37. The van der Waals surface area contributed by atoms with E-state index < -0.39 is 18.0 Å². The summed E-state index contributed by atoms with van der Waals surface area (Å²) >= 11 is 0. The van der Waals surface area contributed by atoms with Crippen molar-refractivity contribution in [2.45, 2.75) is 40.2 Å². The number of rotatable bonds is 5. The van der Waals surface area contributed by atoms with Gasteiger partial charge in [-0.25, -0.2) is 0 Å². The molecule has 6 nitrogen and oxygen atoms in total. The fourth-order valence-electron chi connectivity index (χ4n) is 2.77. The largest absolute Gasteiger partial charge is 0.452 e. The lowest BCUT2D eigenvalue weighted by molar-refractivity contribution is -0.158. The Balaban J connectivity index is 2.05. The summed E-state index contributed by atoms with van der Waals surface area (Å²) < 4.78 is 5.21. The summed E-state index contributed by atoms with van der Waals surface area (Å²) in [6, 6.07) is 5.76. The molecule has 0 radical (unpaired) electrons. The van der Waals surface area contributed by atoms with Gasteiger partial charge in [0.25, 0.3) is 5.91 Å². The van der Waals surface area contributed by atoms with E-state index >= 15 is 0 Å². The predicted octanol–water partition coefficient (Wildman–Crippen LogP) is 1.72. The number of esters is 1. The SMILES string of the molecule is CCNC(=O)[C@H](C)OC(=O)[C@H]1CC(=O)N(c2cccc(C)c2C)C1. The lowest BCUT2D eigenvalue weighted by atomic mass is 10.1. The molecule has 0 unspecified atom stereocenters. The minimum absolute atomic E-state index is 0.101. The summed E-state index contributed by atoms with van der Waals surface area (Å²) in [7, 11) is 0. The first-order chi connectivity index (χ1) is 11.3. The number of nitrogens with zero attached hydrogens (tertiary/aromatic N) is 1. The highest BCUT2D eigenvalue weighted by Gasteiger charge is 2.37. The van der Waals surface area contributed by atoms with Gasteiger partial charge in [-0.3, -0.25) is 14.4 Å². The van der Waals surface area contributed by atoms with Crippen LogP contribution in [0.4, 0.5) is 5.69 Å². The van der Waals surface area contributed by atoms with Gasteiger partial charge in [-0.05, 0) is 44.9 Å². The molecule has 0 aromatic heterocycles. The molecule has 1 fully saturated rings. The number of hydrogen-bond acceptors (Lipinski definition) is 4. The third-order valence-electron chi connectivity index (χ3n) is 4.34. The number of carbonyl (C=O) groups excluding carboxylic acids is 3. The molecule has 1 aliphatic heterocycles. The molecule has 2 amide bonds. The average molecular weight is 332 g/mol. The van der Waals surface area contributed by atoms with E-state index in [2.05, 4.69) is 5.32 Å². The van der Waals surface area contributed by atoms with Crippen LogP contribution in [0.3, 0.4) is 0 Å². The smallest absolute Gasteiger partial charge is 0.312 e. The quantitative estimate of drug-likeness (QED) is 0.833. The van der Waals surface area contributed by atoms with E-state index in [-0.39, 0.29) is 24.8 Å².